The molecule has 1 aliphatic rings. The van der Waals surface area contributed by atoms with E-state index in [4.69, 9.17) is 0 Å². The van der Waals surface area contributed by atoms with E-state index in [1.165, 1.54) is 0 Å². The van der Waals surface area contributed by atoms with Crippen molar-refractivity contribution < 1.29 is 9.90 Å². The van der Waals surface area contributed by atoms with Gasteiger partial charge in [0.15, 0.2) is 0 Å². The molecule has 3 nitrogen and oxygen atoms in total. The van der Waals surface area contributed by atoms with Gasteiger partial charge in [0.25, 0.3) is 0 Å². The fourth-order valence-electron chi connectivity index (χ4n) is 2.19. The zero-order valence-corrected chi connectivity index (χ0v) is 10.4. The minimum Gasteiger partial charge on any atom is -0.395 e. The Morgan fingerprint density at radius 2 is 2.12 bits per heavy atom. The van der Waals surface area contributed by atoms with Gasteiger partial charge >= 0.3 is 0 Å². The van der Waals surface area contributed by atoms with Crippen molar-refractivity contribution >= 4 is 11.6 Å². The van der Waals surface area contributed by atoms with E-state index in [-0.39, 0.29) is 12.5 Å². The van der Waals surface area contributed by atoms with E-state index in [2.05, 4.69) is 5.32 Å². The number of hydrogen-bond donors (Lipinski definition) is 2. The summed E-state index contributed by atoms with van der Waals surface area (Å²) in [4.78, 5) is 12.1. The van der Waals surface area contributed by atoms with E-state index in [1.54, 1.807) is 0 Å². The highest BCUT2D eigenvalue weighted by molar-refractivity contribution is 5.96. The Morgan fingerprint density at radius 1 is 1.41 bits per heavy atom. The Balaban J connectivity index is 2.15. The van der Waals surface area contributed by atoms with Gasteiger partial charge in [0, 0.05) is 5.69 Å². The molecule has 1 amide bonds. The standard InChI is InChI=1S/C14H19NO2/c1-10-4-5-11(2)12(8-10)15-13(17)14(9-16)6-3-7-14/h4-5,8,16H,3,6-7,9H2,1-2H3,(H,15,17). The number of anilines is 1. The number of carbonyl (C=O) groups excluding carboxylic acids is 1. The molecule has 0 aromatic heterocycles. The third-order valence-electron chi connectivity index (χ3n) is 3.74. The summed E-state index contributed by atoms with van der Waals surface area (Å²) in [5.41, 5.74) is 2.50. The van der Waals surface area contributed by atoms with Crippen LogP contribution in [0.15, 0.2) is 18.2 Å². The Bertz CT molecular complexity index is 430. The number of benzene rings is 1. The van der Waals surface area contributed by atoms with Crippen LogP contribution in [0, 0.1) is 19.3 Å². The summed E-state index contributed by atoms with van der Waals surface area (Å²) < 4.78 is 0. The van der Waals surface area contributed by atoms with E-state index in [9.17, 15) is 9.90 Å². The molecule has 1 saturated carbocycles. The first-order valence-electron chi connectivity index (χ1n) is 6.07. The van der Waals surface area contributed by atoms with Gasteiger partial charge in [-0.05, 0) is 43.9 Å². The zero-order chi connectivity index (χ0) is 12.5. The molecule has 0 aliphatic heterocycles. The van der Waals surface area contributed by atoms with Crippen molar-refractivity contribution in [2.45, 2.75) is 33.1 Å². The SMILES string of the molecule is Cc1ccc(C)c(NC(=O)C2(CO)CCC2)c1. The smallest absolute Gasteiger partial charge is 0.232 e. The lowest BCUT2D eigenvalue weighted by Gasteiger charge is -2.38. The molecule has 2 rings (SSSR count). The summed E-state index contributed by atoms with van der Waals surface area (Å²) in [6, 6.07) is 5.99. The average Bonchev–Trinajstić information content (AvgIpc) is 2.23. The Hall–Kier alpha value is -1.35. The van der Waals surface area contributed by atoms with Crippen LogP contribution in [-0.2, 0) is 4.79 Å². The van der Waals surface area contributed by atoms with Crippen LogP contribution < -0.4 is 5.32 Å². The van der Waals surface area contributed by atoms with Gasteiger partial charge in [0.1, 0.15) is 0 Å². The molecule has 1 aliphatic carbocycles. The first-order valence-corrected chi connectivity index (χ1v) is 6.07. The predicted molar refractivity (Wildman–Crippen MR) is 67.9 cm³/mol. The summed E-state index contributed by atoms with van der Waals surface area (Å²) in [5.74, 6) is -0.0417. The molecule has 0 saturated heterocycles. The monoisotopic (exact) mass is 233 g/mol. The molecule has 1 aromatic rings. The van der Waals surface area contributed by atoms with Crippen molar-refractivity contribution in [2.75, 3.05) is 11.9 Å². The number of aliphatic hydroxyl groups excluding tert-OH is 1. The maximum Gasteiger partial charge on any atom is 0.232 e. The van der Waals surface area contributed by atoms with Gasteiger partial charge < -0.3 is 10.4 Å². The molecule has 0 bridgehead atoms. The van der Waals surface area contributed by atoms with Crippen molar-refractivity contribution in [2.24, 2.45) is 5.41 Å². The maximum absolute atomic E-state index is 12.1. The van der Waals surface area contributed by atoms with Crippen molar-refractivity contribution in [3.05, 3.63) is 29.3 Å². The van der Waals surface area contributed by atoms with Crippen LogP contribution in [0.1, 0.15) is 30.4 Å². The molecule has 92 valence electrons. The molecular formula is C14H19NO2. The highest BCUT2D eigenvalue weighted by Gasteiger charge is 2.43. The number of amides is 1. The quantitative estimate of drug-likeness (QED) is 0.842. The lowest BCUT2D eigenvalue weighted by molar-refractivity contribution is -0.133. The number of nitrogens with one attached hydrogen (secondary N) is 1. The first-order chi connectivity index (χ1) is 8.07. The van der Waals surface area contributed by atoms with Crippen molar-refractivity contribution in [1.29, 1.82) is 0 Å². The Kier molecular flexibility index (Phi) is 3.20. The average molecular weight is 233 g/mol. The molecule has 1 aromatic carbocycles. The van der Waals surface area contributed by atoms with Crippen LogP contribution in [0.3, 0.4) is 0 Å². The largest absolute Gasteiger partial charge is 0.395 e. The van der Waals surface area contributed by atoms with Gasteiger partial charge in [-0.3, -0.25) is 4.79 Å². The summed E-state index contributed by atoms with van der Waals surface area (Å²) >= 11 is 0. The van der Waals surface area contributed by atoms with Crippen LogP contribution in [0.4, 0.5) is 5.69 Å². The van der Waals surface area contributed by atoms with E-state index in [1.807, 2.05) is 32.0 Å². The molecule has 0 spiro atoms. The highest BCUT2D eigenvalue weighted by Crippen LogP contribution is 2.41. The highest BCUT2D eigenvalue weighted by atomic mass is 16.3. The summed E-state index contributed by atoms with van der Waals surface area (Å²) in [6.07, 6.45) is 2.61. The lowest BCUT2D eigenvalue weighted by Crippen LogP contribution is -2.44. The molecular weight excluding hydrogens is 214 g/mol. The fraction of sp³-hybridized carbons (Fsp3) is 0.500. The van der Waals surface area contributed by atoms with Gasteiger partial charge in [-0.25, -0.2) is 0 Å². The number of rotatable bonds is 3. The fourth-order valence-corrected chi connectivity index (χ4v) is 2.19. The maximum atomic E-state index is 12.1. The van der Waals surface area contributed by atoms with Gasteiger partial charge in [-0.2, -0.15) is 0 Å². The number of hydrogen-bond acceptors (Lipinski definition) is 2. The molecule has 1 fully saturated rings. The number of carbonyl (C=O) groups is 1. The van der Waals surface area contributed by atoms with Crippen LogP contribution in [-0.4, -0.2) is 17.6 Å². The number of aliphatic hydroxyl groups is 1. The molecule has 17 heavy (non-hydrogen) atoms. The Morgan fingerprint density at radius 3 is 2.65 bits per heavy atom. The minimum atomic E-state index is -0.532. The Labute approximate surface area is 102 Å². The van der Waals surface area contributed by atoms with Gasteiger partial charge in [0.2, 0.25) is 5.91 Å². The zero-order valence-electron chi connectivity index (χ0n) is 10.4. The van der Waals surface area contributed by atoms with Gasteiger partial charge in [-0.1, -0.05) is 18.6 Å². The third kappa shape index (κ3) is 2.20. The lowest BCUT2D eigenvalue weighted by atomic mass is 9.68. The predicted octanol–water partition coefficient (Wildman–Crippen LogP) is 2.40. The minimum absolute atomic E-state index is 0.0417. The summed E-state index contributed by atoms with van der Waals surface area (Å²) in [5, 5.41) is 12.3. The second-order valence-corrected chi connectivity index (χ2v) is 5.06. The van der Waals surface area contributed by atoms with E-state index in [0.29, 0.717) is 0 Å². The van der Waals surface area contributed by atoms with Crippen LogP contribution in [0.25, 0.3) is 0 Å². The molecule has 2 N–H and O–H groups in total. The van der Waals surface area contributed by atoms with Crippen LogP contribution in [0.5, 0.6) is 0 Å². The first kappa shape index (κ1) is 12.1. The molecule has 0 atom stereocenters. The molecule has 0 heterocycles. The van der Waals surface area contributed by atoms with Crippen LogP contribution >= 0.6 is 0 Å². The molecule has 0 radical (unpaired) electrons. The summed E-state index contributed by atoms with van der Waals surface area (Å²) in [7, 11) is 0. The van der Waals surface area contributed by atoms with Gasteiger partial charge in [0.05, 0.1) is 12.0 Å². The van der Waals surface area contributed by atoms with Crippen LogP contribution in [0.2, 0.25) is 0 Å². The van der Waals surface area contributed by atoms with E-state index in [0.717, 1.165) is 36.1 Å². The normalized spacial score (nSPS) is 17.4. The van der Waals surface area contributed by atoms with E-state index >= 15 is 0 Å². The van der Waals surface area contributed by atoms with E-state index < -0.39 is 5.41 Å². The second-order valence-electron chi connectivity index (χ2n) is 5.06. The van der Waals surface area contributed by atoms with Gasteiger partial charge in [-0.15, -0.1) is 0 Å². The second kappa shape index (κ2) is 4.49. The third-order valence-corrected chi connectivity index (χ3v) is 3.74. The van der Waals surface area contributed by atoms with Crippen molar-refractivity contribution in [1.82, 2.24) is 0 Å². The topological polar surface area (TPSA) is 49.3 Å². The molecule has 3 heteroatoms. The summed E-state index contributed by atoms with van der Waals surface area (Å²) in [6.45, 7) is 3.92. The molecule has 0 unspecified atom stereocenters. The van der Waals surface area contributed by atoms with Crippen molar-refractivity contribution in [3.63, 3.8) is 0 Å². The van der Waals surface area contributed by atoms with Crippen molar-refractivity contribution in [3.8, 4) is 0 Å². The number of aryl methyl sites for hydroxylation is 2.